The molecule has 264 valence electrons. The third-order valence-corrected chi connectivity index (χ3v) is 8.39. The summed E-state index contributed by atoms with van der Waals surface area (Å²) in [5.74, 6) is -4.72. The number of imidazole rings is 1. The fraction of sp³-hybridized carbons (Fsp3) is 0.667. The van der Waals surface area contributed by atoms with Crippen molar-refractivity contribution in [3.63, 3.8) is 0 Å². The fourth-order valence-electron chi connectivity index (χ4n) is 4.94. The van der Waals surface area contributed by atoms with Gasteiger partial charge in [0.1, 0.15) is 30.2 Å². The van der Waals surface area contributed by atoms with Gasteiger partial charge < -0.3 is 46.9 Å². The number of nitrogens with zero attached hydrogens (tertiary/aromatic N) is 2. The quantitative estimate of drug-likeness (QED) is 0.0748. The van der Waals surface area contributed by atoms with E-state index in [0.29, 0.717) is 25.1 Å². The SMILES string of the molecule is COP(=O)(O)O[C@H](C)[C@H](NC(=O)[C@H](CO)NC(=O)[C@H](Cc1cnc[nH]1)NC(=O)[C@H](CC(C)C)NC(=O)[C@@H]1CCCN1C(C)=O)C(N)=O. The molecule has 7 atom stereocenters. The maximum atomic E-state index is 13.6. The molecule has 0 saturated carbocycles. The summed E-state index contributed by atoms with van der Waals surface area (Å²) in [5, 5.41) is 19.7. The van der Waals surface area contributed by atoms with Gasteiger partial charge in [-0.05, 0) is 32.1 Å². The molecular weight excluding hydrogens is 643 g/mol. The maximum absolute atomic E-state index is 13.6. The number of phosphoric ester groups is 1. The Morgan fingerprint density at radius 3 is 2.21 bits per heavy atom. The van der Waals surface area contributed by atoms with Crippen molar-refractivity contribution in [2.45, 2.75) is 89.7 Å². The average molecular weight is 689 g/mol. The zero-order chi connectivity index (χ0) is 35.5. The zero-order valence-electron chi connectivity index (χ0n) is 26.9. The van der Waals surface area contributed by atoms with E-state index in [1.807, 2.05) is 13.8 Å². The first-order chi connectivity index (χ1) is 22.0. The fourth-order valence-corrected chi connectivity index (χ4v) is 5.57. The summed E-state index contributed by atoms with van der Waals surface area (Å²) in [7, 11) is -3.70. The number of amides is 6. The number of nitrogens with one attached hydrogen (secondary N) is 5. The zero-order valence-corrected chi connectivity index (χ0v) is 27.8. The van der Waals surface area contributed by atoms with Crippen LogP contribution in [0.2, 0.25) is 0 Å². The van der Waals surface area contributed by atoms with E-state index in [9.17, 15) is 43.3 Å². The first kappa shape index (κ1) is 39.3. The highest BCUT2D eigenvalue weighted by Crippen LogP contribution is 2.43. The van der Waals surface area contributed by atoms with Gasteiger partial charge in [0.2, 0.25) is 35.4 Å². The summed E-state index contributed by atoms with van der Waals surface area (Å²) in [4.78, 5) is 94.9. The van der Waals surface area contributed by atoms with Crippen LogP contribution >= 0.6 is 7.82 Å². The number of aliphatic hydroxyl groups excluding tert-OH is 1. The van der Waals surface area contributed by atoms with Crippen LogP contribution in [-0.4, -0.2) is 117 Å². The highest BCUT2D eigenvalue weighted by molar-refractivity contribution is 7.47. The molecule has 6 amide bonds. The molecule has 1 saturated heterocycles. The van der Waals surface area contributed by atoms with E-state index in [0.717, 1.165) is 14.0 Å². The molecule has 0 spiro atoms. The second-order valence-electron chi connectivity index (χ2n) is 11.5. The number of nitrogens with two attached hydrogens (primary N) is 1. The van der Waals surface area contributed by atoms with Gasteiger partial charge >= 0.3 is 7.82 Å². The van der Waals surface area contributed by atoms with Gasteiger partial charge in [-0.3, -0.25) is 37.8 Å². The minimum absolute atomic E-state index is 0.0610. The molecule has 1 aromatic heterocycles. The normalized spacial score (nSPS) is 19.1. The Kier molecular flexibility index (Phi) is 14.9. The lowest BCUT2D eigenvalue weighted by atomic mass is 10.0. The predicted octanol–water partition coefficient (Wildman–Crippen LogP) is -2.42. The molecular formula is C27H45N8O11P. The first-order valence-corrected chi connectivity index (χ1v) is 16.4. The van der Waals surface area contributed by atoms with Crippen LogP contribution in [-0.2, 0) is 48.8 Å². The van der Waals surface area contributed by atoms with Gasteiger partial charge in [0.25, 0.3) is 0 Å². The topological polar surface area (TPSA) is 284 Å². The van der Waals surface area contributed by atoms with E-state index in [1.165, 1.54) is 24.3 Å². The Balaban J connectivity index is 2.23. The summed E-state index contributed by atoms with van der Waals surface area (Å²) >= 11 is 0. The van der Waals surface area contributed by atoms with E-state index >= 15 is 0 Å². The van der Waals surface area contributed by atoms with Crippen LogP contribution < -0.4 is 27.0 Å². The number of hydrogen-bond acceptors (Lipinski definition) is 11. The summed E-state index contributed by atoms with van der Waals surface area (Å²) < 4.78 is 20.9. The molecule has 9 N–H and O–H groups in total. The van der Waals surface area contributed by atoms with Gasteiger partial charge in [0.15, 0.2) is 0 Å². The minimum Gasteiger partial charge on any atom is -0.394 e. The van der Waals surface area contributed by atoms with Gasteiger partial charge in [0, 0.05) is 38.9 Å². The number of aromatic nitrogens is 2. The molecule has 47 heavy (non-hydrogen) atoms. The Bertz CT molecular complexity index is 1310. The molecule has 19 nitrogen and oxygen atoms in total. The number of aromatic amines is 1. The van der Waals surface area contributed by atoms with Crippen molar-refractivity contribution in [3.8, 4) is 0 Å². The Labute approximate surface area is 271 Å². The number of hydrogen-bond donors (Lipinski definition) is 8. The second kappa shape index (κ2) is 17.9. The third-order valence-electron chi connectivity index (χ3n) is 7.33. The van der Waals surface area contributed by atoms with E-state index in [1.54, 1.807) is 0 Å². The van der Waals surface area contributed by atoms with Crippen molar-refractivity contribution in [2.75, 3.05) is 20.3 Å². The summed E-state index contributed by atoms with van der Waals surface area (Å²) in [6.07, 6.45) is 2.42. The van der Waals surface area contributed by atoms with E-state index in [-0.39, 0.29) is 24.7 Å². The molecule has 2 heterocycles. The molecule has 1 unspecified atom stereocenters. The number of H-pyrrole nitrogens is 1. The molecule has 20 heteroatoms. The molecule has 1 aliphatic heterocycles. The van der Waals surface area contributed by atoms with Crippen LogP contribution in [0.1, 0.15) is 52.7 Å². The lowest BCUT2D eigenvalue weighted by molar-refractivity contribution is -0.139. The molecule has 0 radical (unpaired) electrons. The number of aliphatic hydroxyl groups is 1. The van der Waals surface area contributed by atoms with E-state index < -0.39 is 80.3 Å². The van der Waals surface area contributed by atoms with Gasteiger partial charge in [-0.2, -0.15) is 0 Å². The highest BCUT2D eigenvalue weighted by atomic mass is 31.2. The van der Waals surface area contributed by atoms with Crippen molar-refractivity contribution < 1.29 is 52.4 Å². The smallest absolute Gasteiger partial charge is 0.394 e. The van der Waals surface area contributed by atoms with Crippen molar-refractivity contribution >= 4 is 43.3 Å². The van der Waals surface area contributed by atoms with Crippen LogP contribution in [0.5, 0.6) is 0 Å². The van der Waals surface area contributed by atoms with Gasteiger partial charge in [-0.25, -0.2) is 9.55 Å². The van der Waals surface area contributed by atoms with Gasteiger partial charge in [-0.1, -0.05) is 13.8 Å². The number of rotatable bonds is 18. The molecule has 0 bridgehead atoms. The standard InChI is InChI=1S/C27H45N8O11P/c1-14(2)9-18(32-27(42)21-7-6-8-35(21)16(4)37)24(39)31-19(10-17-11-29-13-30-17)25(40)33-20(12-36)26(41)34-22(23(28)38)15(3)46-47(43,44)45-5/h11,13-15,18-22,36H,6-10,12H2,1-5H3,(H2,28,38)(H,29,30)(H,31,39)(H,32,42)(H,33,40)(H,34,41)(H,43,44)/t15-,18+,19+,20+,21+,22+/m1/s1. The van der Waals surface area contributed by atoms with Crippen LogP contribution in [0.15, 0.2) is 12.5 Å². The van der Waals surface area contributed by atoms with Crippen LogP contribution in [0.4, 0.5) is 0 Å². The van der Waals surface area contributed by atoms with Crippen molar-refractivity contribution in [1.82, 2.24) is 36.1 Å². The molecule has 0 aliphatic carbocycles. The molecule has 0 aromatic carbocycles. The number of carbonyl (C=O) groups excluding carboxylic acids is 6. The molecule has 1 aliphatic rings. The average Bonchev–Trinajstić information content (AvgIpc) is 3.69. The lowest BCUT2D eigenvalue weighted by Gasteiger charge is -2.28. The van der Waals surface area contributed by atoms with Gasteiger partial charge in [-0.15, -0.1) is 0 Å². The predicted molar refractivity (Wildman–Crippen MR) is 164 cm³/mol. The Hall–Kier alpha value is -3.90. The summed E-state index contributed by atoms with van der Waals surface area (Å²) in [5.41, 5.74) is 5.75. The van der Waals surface area contributed by atoms with Gasteiger partial charge in [0.05, 0.1) is 19.0 Å². The maximum Gasteiger partial charge on any atom is 0.472 e. The molecule has 1 fully saturated rings. The van der Waals surface area contributed by atoms with Crippen molar-refractivity contribution in [1.29, 1.82) is 0 Å². The van der Waals surface area contributed by atoms with E-state index in [2.05, 4.69) is 35.8 Å². The van der Waals surface area contributed by atoms with E-state index in [4.69, 9.17) is 10.3 Å². The van der Waals surface area contributed by atoms with Crippen molar-refractivity contribution in [3.05, 3.63) is 18.2 Å². The summed E-state index contributed by atoms with van der Waals surface area (Å²) in [6, 6.07) is -6.53. The summed E-state index contributed by atoms with van der Waals surface area (Å²) in [6.45, 7) is 5.66. The van der Waals surface area contributed by atoms with Crippen LogP contribution in [0, 0.1) is 5.92 Å². The minimum atomic E-state index is -4.59. The molecule has 2 rings (SSSR count). The van der Waals surface area contributed by atoms with Crippen LogP contribution in [0.3, 0.4) is 0 Å². The Morgan fingerprint density at radius 2 is 1.68 bits per heavy atom. The number of carbonyl (C=O) groups is 6. The number of primary amides is 1. The Morgan fingerprint density at radius 1 is 1.06 bits per heavy atom. The number of phosphoric acid groups is 1. The largest absolute Gasteiger partial charge is 0.472 e. The molecule has 1 aromatic rings. The highest BCUT2D eigenvalue weighted by Gasteiger charge is 2.37. The number of likely N-dealkylation sites (tertiary alicyclic amines) is 1. The first-order valence-electron chi connectivity index (χ1n) is 14.9. The lowest BCUT2D eigenvalue weighted by Crippen LogP contribution is -2.61. The second-order valence-corrected chi connectivity index (χ2v) is 13.0. The third kappa shape index (κ3) is 12.0. The van der Waals surface area contributed by atoms with Crippen LogP contribution in [0.25, 0.3) is 0 Å². The van der Waals surface area contributed by atoms with Crippen molar-refractivity contribution in [2.24, 2.45) is 11.7 Å². The monoisotopic (exact) mass is 688 g/mol.